The molecule has 1 aromatic carbocycles. The number of nitrogens with one attached hydrogen (secondary N) is 1. The van der Waals surface area contributed by atoms with Gasteiger partial charge in [-0.1, -0.05) is 12.1 Å². The summed E-state index contributed by atoms with van der Waals surface area (Å²) in [6.07, 6.45) is 2.95. The van der Waals surface area contributed by atoms with Crippen LogP contribution < -0.4 is 5.32 Å². The summed E-state index contributed by atoms with van der Waals surface area (Å²) in [6, 6.07) is 8.46. The second kappa shape index (κ2) is 7.35. The topological polar surface area (TPSA) is 32.3 Å². The first kappa shape index (κ1) is 14.1. The fourth-order valence-electron chi connectivity index (χ4n) is 1.48. The maximum Gasteiger partial charge on any atom is 0.234 e. The van der Waals surface area contributed by atoms with Crippen LogP contribution in [0.5, 0.6) is 0 Å². The van der Waals surface area contributed by atoms with Crippen LogP contribution in [-0.4, -0.2) is 44.2 Å². The molecule has 0 aromatic heterocycles. The summed E-state index contributed by atoms with van der Waals surface area (Å²) in [6.45, 7) is 1.15. The first-order valence-electron chi connectivity index (χ1n) is 5.66. The molecule has 0 unspecified atom stereocenters. The number of carbonyl (C=O) groups excluding carboxylic acids is 1. The number of nitrogens with zero attached hydrogens (tertiary/aromatic N) is 1. The molecular weight excluding hydrogens is 232 g/mol. The third-order valence-electron chi connectivity index (χ3n) is 2.35. The van der Waals surface area contributed by atoms with Crippen LogP contribution in [0.15, 0.2) is 29.2 Å². The van der Waals surface area contributed by atoms with E-state index in [0.29, 0.717) is 13.1 Å². The van der Waals surface area contributed by atoms with Crippen molar-refractivity contribution in [1.29, 1.82) is 0 Å². The fourth-order valence-corrected chi connectivity index (χ4v) is 1.89. The van der Waals surface area contributed by atoms with Crippen molar-refractivity contribution in [3.63, 3.8) is 0 Å². The molecule has 17 heavy (non-hydrogen) atoms. The fraction of sp³-hybridized carbons (Fsp3) is 0.462. The molecule has 0 fully saturated rings. The van der Waals surface area contributed by atoms with E-state index in [9.17, 15) is 4.79 Å². The Labute approximate surface area is 108 Å². The second-order valence-electron chi connectivity index (χ2n) is 4.19. The first-order valence-corrected chi connectivity index (χ1v) is 6.88. The van der Waals surface area contributed by atoms with Crippen LogP contribution in [0.3, 0.4) is 0 Å². The lowest BCUT2D eigenvalue weighted by atomic mass is 10.1. The van der Waals surface area contributed by atoms with Crippen molar-refractivity contribution < 1.29 is 4.79 Å². The van der Waals surface area contributed by atoms with Crippen molar-refractivity contribution in [2.75, 3.05) is 33.4 Å². The van der Waals surface area contributed by atoms with Crippen LogP contribution in [0.2, 0.25) is 0 Å². The highest BCUT2D eigenvalue weighted by Crippen LogP contribution is 2.14. The molecule has 0 aliphatic heterocycles. The first-order chi connectivity index (χ1) is 8.11. The van der Waals surface area contributed by atoms with Crippen molar-refractivity contribution in [2.45, 2.75) is 11.3 Å². The second-order valence-corrected chi connectivity index (χ2v) is 5.07. The van der Waals surface area contributed by atoms with E-state index in [0.717, 1.165) is 6.42 Å². The van der Waals surface area contributed by atoms with Crippen molar-refractivity contribution >= 4 is 17.7 Å². The molecule has 4 heteroatoms. The van der Waals surface area contributed by atoms with Gasteiger partial charge in [0.05, 0.1) is 6.54 Å². The predicted molar refractivity (Wildman–Crippen MR) is 73.5 cm³/mol. The third-order valence-corrected chi connectivity index (χ3v) is 3.10. The summed E-state index contributed by atoms with van der Waals surface area (Å²) in [4.78, 5) is 14.5. The van der Waals surface area contributed by atoms with E-state index in [1.165, 1.54) is 10.5 Å². The SMILES string of the molecule is CSc1ccc(CCNC(=O)CN(C)C)cc1. The monoisotopic (exact) mass is 252 g/mol. The number of carbonyl (C=O) groups is 1. The zero-order chi connectivity index (χ0) is 12.7. The molecular formula is C13H20N2OS. The highest BCUT2D eigenvalue weighted by molar-refractivity contribution is 7.98. The van der Waals surface area contributed by atoms with Gasteiger partial charge in [-0.15, -0.1) is 11.8 Å². The smallest absolute Gasteiger partial charge is 0.234 e. The molecule has 0 atom stereocenters. The highest BCUT2D eigenvalue weighted by atomic mass is 32.2. The van der Waals surface area contributed by atoms with Gasteiger partial charge in [0.15, 0.2) is 0 Å². The molecule has 0 aliphatic carbocycles. The summed E-state index contributed by atoms with van der Waals surface area (Å²) in [5, 5.41) is 2.91. The van der Waals surface area contributed by atoms with E-state index in [-0.39, 0.29) is 5.91 Å². The number of amides is 1. The molecule has 0 bridgehead atoms. The van der Waals surface area contributed by atoms with Crippen molar-refractivity contribution in [3.8, 4) is 0 Å². The Balaban J connectivity index is 2.28. The van der Waals surface area contributed by atoms with Gasteiger partial charge < -0.3 is 10.2 Å². The molecule has 1 aromatic rings. The van der Waals surface area contributed by atoms with Gasteiger partial charge in [0.1, 0.15) is 0 Å². The normalized spacial score (nSPS) is 10.6. The van der Waals surface area contributed by atoms with Gasteiger partial charge in [0.25, 0.3) is 0 Å². The van der Waals surface area contributed by atoms with Crippen molar-refractivity contribution in [3.05, 3.63) is 29.8 Å². The van der Waals surface area contributed by atoms with Gasteiger partial charge in [-0.25, -0.2) is 0 Å². The summed E-state index contributed by atoms with van der Waals surface area (Å²) >= 11 is 1.74. The predicted octanol–water partition coefficient (Wildman–Crippen LogP) is 1.63. The summed E-state index contributed by atoms with van der Waals surface area (Å²) in [7, 11) is 3.78. The number of benzene rings is 1. The number of rotatable bonds is 6. The van der Waals surface area contributed by atoms with E-state index in [4.69, 9.17) is 0 Å². The Hall–Kier alpha value is -1.00. The summed E-state index contributed by atoms with van der Waals surface area (Å²) in [5.74, 6) is 0.0794. The van der Waals surface area contributed by atoms with E-state index in [2.05, 4.69) is 35.8 Å². The van der Waals surface area contributed by atoms with Crippen LogP contribution in [0.25, 0.3) is 0 Å². The van der Waals surface area contributed by atoms with Crippen LogP contribution >= 0.6 is 11.8 Å². The summed E-state index contributed by atoms with van der Waals surface area (Å²) in [5.41, 5.74) is 1.26. The van der Waals surface area contributed by atoms with E-state index in [1.807, 2.05) is 19.0 Å². The minimum atomic E-state index is 0.0794. The van der Waals surface area contributed by atoms with Crippen LogP contribution in [0, 0.1) is 0 Å². The molecule has 0 spiro atoms. The van der Waals surface area contributed by atoms with Gasteiger partial charge in [-0.2, -0.15) is 0 Å². The molecule has 0 saturated carbocycles. The minimum absolute atomic E-state index is 0.0794. The van der Waals surface area contributed by atoms with E-state index < -0.39 is 0 Å². The lowest BCUT2D eigenvalue weighted by Gasteiger charge is -2.10. The minimum Gasteiger partial charge on any atom is -0.355 e. The maximum absolute atomic E-state index is 11.4. The molecule has 0 saturated heterocycles. The van der Waals surface area contributed by atoms with Crippen LogP contribution in [-0.2, 0) is 11.2 Å². The van der Waals surface area contributed by atoms with Gasteiger partial charge in [-0.3, -0.25) is 4.79 Å². The Bertz CT molecular complexity index is 349. The standard InChI is InChI=1S/C13H20N2OS/c1-15(2)10-13(16)14-9-8-11-4-6-12(17-3)7-5-11/h4-7H,8-10H2,1-3H3,(H,14,16). The molecule has 1 amide bonds. The number of hydrogen-bond acceptors (Lipinski definition) is 3. The Morgan fingerprint density at radius 1 is 1.29 bits per heavy atom. The van der Waals surface area contributed by atoms with Crippen LogP contribution in [0.1, 0.15) is 5.56 Å². The lowest BCUT2D eigenvalue weighted by molar-refractivity contribution is -0.121. The molecule has 3 nitrogen and oxygen atoms in total. The maximum atomic E-state index is 11.4. The Kier molecular flexibility index (Phi) is 6.08. The van der Waals surface area contributed by atoms with Gasteiger partial charge >= 0.3 is 0 Å². The molecule has 94 valence electrons. The van der Waals surface area contributed by atoms with Crippen LogP contribution in [0.4, 0.5) is 0 Å². The largest absolute Gasteiger partial charge is 0.355 e. The Morgan fingerprint density at radius 3 is 2.47 bits per heavy atom. The average molecular weight is 252 g/mol. The number of likely N-dealkylation sites (N-methyl/N-ethyl adjacent to an activating group) is 1. The van der Waals surface area contributed by atoms with Gasteiger partial charge in [0, 0.05) is 11.4 Å². The molecule has 1 rings (SSSR count). The number of thioether (sulfide) groups is 1. The lowest BCUT2D eigenvalue weighted by Crippen LogP contribution is -2.34. The zero-order valence-corrected chi connectivity index (χ0v) is 11.5. The van der Waals surface area contributed by atoms with Crippen molar-refractivity contribution in [2.24, 2.45) is 0 Å². The molecule has 0 radical (unpaired) electrons. The van der Waals surface area contributed by atoms with Gasteiger partial charge in [0.2, 0.25) is 5.91 Å². The zero-order valence-electron chi connectivity index (χ0n) is 10.7. The Morgan fingerprint density at radius 2 is 1.94 bits per heavy atom. The van der Waals surface area contributed by atoms with Gasteiger partial charge in [-0.05, 0) is 44.5 Å². The summed E-state index contributed by atoms with van der Waals surface area (Å²) < 4.78 is 0. The molecule has 0 aliphatic rings. The van der Waals surface area contributed by atoms with Crippen molar-refractivity contribution in [1.82, 2.24) is 10.2 Å². The molecule has 0 heterocycles. The number of hydrogen-bond donors (Lipinski definition) is 1. The third kappa shape index (κ3) is 5.75. The highest BCUT2D eigenvalue weighted by Gasteiger charge is 2.01. The van der Waals surface area contributed by atoms with E-state index >= 15 is 0 Å². The average Bonchev–Trinajstić information content (AvgIpc) is 2.29. The van der Waals surface area contributed by atoms with E-state index in [1.54, 1.807) is 11.8 Å². The molecule has 1 N–H and O–H groups in total. The quantitative estimate of drug-likeness (QED) is 0.781.